The summed E-state index contributed by atoms with van der Waals surface area (Å²) in [7, 11) is 0. The third kappa shape index (κ3) is 2.42. The lowest BCUT2D eigenvalue weighted by molar-refractivity contribution is -0.129. The van der Waals surface area contributed by atoms with Crippen LogP contribution in [0, 0.1) is 5.92 Å². The number of aliphatic hydroxyl groups excluding tert-OH is 2. The molecule has 0 spiro atoms. The molecule has 1 amide bonds. The Bertz CT molecular complexity index is 184. The Labute approximate surface area is 78.2 Å². The van der Waals surface area contributed by atoms with Gasteiger partial charge in [-0.25, -0.2) is 0 Å². The van der Waals surface area contributed by atoms with Crippen LogP contribution in [0.15, 0.2) is 0 Å². The molecule has 0 bridgehead atoms. The van der Waals surface area contributed by atoms with E-state index in [1.165, 1.54) is 0 Å². The van der Waals surface area contributed by atoms with E-state index in [-0.39, 0.29) is 31.1 Å². The normalized spacial score (nSPS) is 25.3. The lowest BCUT2D eigenvalue weighted by Gasteiger charge is -2.23. The van der Waals surface area contributed by atoms with Crippen LogP contribution in [0.2, 0.25) is 0 Å². The van der Waals surface area contributed by atoms with E-state index in [1.807, 2.05) is 6.92 Å². The van der Waals surface area contributed by atoms with Crippen LogP contribution in [0.3, 0.4) is 0 Å². The van der Waals surface area contributed by atoms with Gasteiger partial charge in [0.05, 0.1) is 0 Å². The molecule has 0 aromatic heterocycles. The molecule has 2 N–H and O–H groups in total. The molecule has 1 heterocycles. The molecule has 13 heavy (non-hydrogen) atoms. The van der Waals surface area contributed by atoms with Crippen molar-refractivity contribution in [2.75, 3.05) is 19.8 Å². The number of aliphatic hydroxyl groups is 2. The van der Waals surface area contributed by atoms with Gasteiger partial charge in [-0.2, -0.15) is 0 Å². The van der Waals surface area contributed by atoms with Crippen LogP contribution in [0.25, 0.3) is 0 Å². The van der Waals surface area contributed by atoms with Crippen LogP contribution in [0.1, 0.15) is 19.8 Å². The van der Waals surface area contributed by atoms with Gasteiger partial charge in [-0.1, -0.05) is 0 Å². The van der Waals surface area contributed by atoms with Crippen LogP contribution in [0.5, 0.6) is 0 Å². The smallest absolute Gasteiger partial charge is 0.223 e. The molecule has 4 heteroatoms. The fraction of sp³-hybridized carbons (Fsp3) is 0.889. The van der Waals surface area contributed by atoms with E-state index in [9.17, 15) is 4.79 Å². The molecule has 1 aliphatic rings. The number of hydrogen-bond acceptors (Lipinski definition) is 3. The predicted octanol–water partition coefficient (Wildman–Crippen LogP) is -0.402. The van der Waals surface area contributed by atoms with Crippen molar-refractivity contribution in [3.05, 3.63) is 0 Å². The first-order valence-electron chi connectivity index (χ1n) is 4.70. The first kappa shape index (κ1) is 10.5. The zero-order chi connectivity index (χ0) is 9.84. The van der Waals surface area contributed by atoms with Gasteiger partial charge in [0.1, 0.15) is 0 Å². The highest BCUT2D eigenvalue weighted by atomic mass is 16.3. The van der Waals surface area contributed by atoms with Crippen molar-refractivity contribution in [2.45, 2.75) is 25.8 Å². The quantitative estimate of drug-likeness (QED) is 0.629. The molecule has 2 unspecified atom stereocenters. The molecule has 1 aliphatic heterocycles. The van der Waals surface area contributed by atoms with Gasteiger partial charge < -0.3 is 15.1 Å². The summed E-state index contributed by atoms with van der Waals surface area (Å²) in [4.78, 5) is 13.1. The fourth-order valence-corrected chi connectivity index (χ4v) is 1.70. The number of likely N-dealkylation sites (tertiary alicyclic amines) is 1. The maximum absolute atomic E-state index is 11.4. The maximum Gasteiger partial charge on any atom is 0.223 e. The van der Waals surface area contributed by atoms with Gasteiger partial charge in [0.15, 0.2) is 0 Å². The van der Waals surface area contributed by atoms with Gasteiger partial charge in [-0.15, -0.1) is 0 Å². The van der Waals surface area contributed by atoms with E-state index in [1.54, 1.807) is 4.90 Å². The standard InChI is InChI=1S/C9H17NO3/c1-7(2-3-11)10-5-8(6-12)4-9(10)13/h7-8,11-12H,2-6H2,1H3. The first-order valence-corrected chi connectivity index (χ1v) is 4.70. The number of amides is 1. The van der Waals surface area contributed by atoms with Gasteiger partial charge in [0, 0.05) is 38.1 Å². The van der Waals surface area contributed by atoms with E-state index < -0.39 is 0 Å². The molecule has 0 aliphatic carbocycles. The van der Waals surface area contributed by atoms with Crippen LogP contribution < -0.4 is 0 Å². The van der Waals surface area contributed by atoms with Crippen LogP contribution in [-0.4, -0.2) is 46.8 Å². The lowest BCUT2D eigenvalue weighted by atomic mass is 10.1. The molecule has 1 rings (SSSR count). The number of hydrogen-bond donors (Lipinski definition) is 2. The van der Waals surface area contributed by atoms with Gasteiger partial charge in [-0.3, -0.25) is 4.79 Å². The fourth-order valence-electron chi connectivity index (χ4n) is 1.70. The summed E-state index contributed by atoms with van der Waals surface area (Å²) in [5.41, 5.74) is 0. The average molecular weight is 187 g/mol. The van der Waals surface area contributed by atoms with E-state index in [0.717, 1.165) is 0 Å². The molecule has 2 atom stereocenters. The Morgan fingerprint density at radius 2 is 2.31 bits per heavy atom. The molecule has 0 saturated carbocycles. The van der Waals surface area contributed by atoms with Crippen molar-refractivity contribution in [3.8, 4) is 0 Å². The average Bonchev–Trinajstić information content (AvgIpc) is 2.47. The Balaban J connectivity index is 2.46. The molecular weight excluding hydrogens is 170 g/mol. The van der Waals surface area contributed by atoms with Crippen molar-refractivity contribution >= 4 is 5.91 Å². The highest BCUT2D eigenvalue weighted by molar-refractivity contribution is 5.78. The number of nitrogens with zero attached hydrogens (tertiary/aromatic N) is 1. The maximum atomic E-state index is 11.4. The zero-order valence-corrected chi connectivity index (χ0v) is 7.94. The van der Waals surface area contributed by atoms with Gasteiger partial charge in [0.2, 0.25) is 5.91 Å². The Kier molecular flexibility index (Phi) is 3.69. The number of carbonyl (C=O) groups is 1. The summed E-state index contributed by atoms with van der Waals surface area (Å²) in [5, 5.41) is 17.6. The lowest BCUT2D eigenvalue weighted by Crippen LogP contribution is -2.35. The Hall–Kier alpha value is -0.610. The van der Waals surface area contributed by atoms with Crippen molar-refractivity contribution < 1.29 is 15.0 Å². The van der Waals surface area contributed by atoms with Crippen LogP contribution in [0.4, 0.5) is 0 Å². The minimum absolute atomic E-state index is 0.0775. The molecule has 4 nitrogen and oxygen atoms in total. The van der Waals surface area contributed by atoms with E-state index in [4.69, 9.17) is 10.2 Å². The van der Waals surface area contributed by atoms with E-state index >= 15 is 0 Å². The highest BCUT2D eigenvalue weighted by Crippen LogP contribution is 2.20. The topological polar surface area (TPSA) is 60.8 Å². The third-order valence-corrected chi connectivity index (χ3v) is 2.58. The first-order chi connectivity index (χ1) is 6.19. The summed E-state index contributed by atoms with van der Waals surface area (Å²) in [5.74, 6) is 0.189. The molecule has 1 saturated heterocycles. The summed E-state index contributed by atoms with van der Waals surface area (Å²) in [6.07, 6.45) is 1.07. The molecule has 0 radical (unpaired) electrons. The summed E-state index contributed by atoms with van der Waals surface area (Å²) in [6, 6.07) is 0.0917. The van der Waals surface area contributed by atoms with Gasteiger partial charge in [-0.05, 0) is 13.3 Å². The van der Waals surface area contributed by atoms with E-state index in [0.29, 0.717) is 19.4 Å². The SMILES string of the molecule is CC(CCO)N1CC(CO)CC1=O. The predicted molar refractivity (Wildman–Crippen MR) is 48.1 cm³/mol. The van der Waals surface area contributed by atoms with Gasteiger partial charge >= 0.3 is 0 Å². The second-order valence-corrected chi connectivity index (χ2v) is 3.66. The van der Waals surface area contributed by atoms with Crippen LogP contribution >= 0.6 is 0 Å². The molecule has 1 fully saturated rings. The number of rotatable bonds is 4. The Morgan fingerprint density at radius 1 is 1.62 bits per heavy atom. The van der Waals surface area contributed by atoms with Crippen molar-refractivity contribution in [3.63, 3.8) is 0 Å². The minimum Gasteiger partial charge on any atom is -0.396 e. The molecule has 76 valence electrons. The minimum atomic E-state index is 0.0775. The zero-order valence-electron chi connectivity index (χ0n) is 7.94. The second kappa shape index (κ2) is 4.58. The third-order valence-electron chi connectivity index (χ3n) is 2.58. The summed E-state index contributed by atoms with van der Waals surface area (Å²) >= 11 is 0. The van der Waals surface area contributed by atoms with Crippen molar-refractivity contribution in [1.29, 1.82) is 0 Å². The van der Waals surface area contributed by atoms with Gasteiger partial charge in [0.25, 0.3) is 0 Å². The van der Waals surface area contributed by atoms with E-state index in [2.05, 4.69) is 0 Å². The highest BCUT2D eigenvalue weighted by Gasteiger charge is 2.31. The monoisotopic (exact) mass is 187 g/mol. The molecular formula is C9H17NO3. The van der Waals surface area contributed by atoms with Crippen molar-refractivity contribution in [1.82, 2.24) is 4.90 Å². The molecule has 0 aromatic rings. The summed E-state index contributed by atoms with van der Waals surface area (Å²) in [6.45, 7) is 2.74. The largest absolute Gasteiger partial charge is 0.396 e. The van der Waals surface area contributed by atoms with Crippen LogP contribution in [-0.2, 0) is 4.79 Å². The molecule has 0 aromatic carbocycles. The summed E-state index contributed by atoms with van der Waals surface area (Å²) < 4.78 is 0. The second-order valence-electron chi connectivity index (χ2n) is 3.66. The Morgan fingerprint density at radius 3 is 2.77 bits per heavy atom. The number of carbonyl (C=O) groups excluding carboxylic acids is 1. The van der Waals surface area contributed by atoms with Crippen molar-refractivity contribution in [2.24, 2.45) is 5.92 Å².